The first-order valence-corrected chi connectivity index (χ1v) is 10.6. The highest BCUT2D eigenvalue weighted by molar-refractivity contribution is 5.84. The molecular formula is C23H29N5O2. The van der Waals surface area contributed by atoms with E-state index in [1.807, 2.05) is 42.2 Å². The van der Waals surface area contributed by atoms with Crippen molar-refractivity contribution in [1.29, 1.82) is 0 Å². The van der Waals surface area contributed by atoms with Gasteiger partial charge in [0.25, 0.3) is 0 Å². The van der Waals surface area contributed by atoms with Crippen LogP contribution in [0.1, 0.15) is 42.0 Å². The maximum atomic E-state index is 13.0. The third-order valence-electron chi connectivity index (χ3n) is 5.96. The van der Waals surface area contributed by atoms with Gasteiger partial charge in [-0.05, 0) is 49.4 Å². The fraction of sp³-hybridized carbons (Fsp3) is 0.435. The number of hydrogen-bond acceptors (Lipinski definition) is 5. The van der Waals surface area contributed by atoms with Crippen molar-refractivity contribution in [3.8, 4) is 0 Å². The van der Waals surface area contributed by atoms with E-state index in [9.17, 15) is 9.59 Å². The van der Waals surface area contributed by atoms with Crippen LogP contribution < -0.4 is 16.2 Å². The van der Waals surface area contributed by atoms with Crippen LogP contribution in [0.5, 0.6) is 0 Å². The van der Waals surface area contributed by atoms with Gasteiger partial charge in [0, 0.05) is 38.1 Å². The summed E-state index contributed by atoms with van der Waals surface area (Å²) in [5.41, 5.74) is 9.74. The first-order valence-electron chi connectivity index (χ1n) is 10.6. The summed E-state index contributed by atoms with van der Waals surface area (Å²) in [6.07, 6.45) is 5.87. The highest BCUT2D eigenvalue weighted by Crippen LogP contribution is 2.24. The Morgan fingerprint density at radius 2 is 2.03 bits per heavy atom. The van der Waals surface area contributed by atoms with Crippen LogP contribution in [0.2, 0.25) is 0 Å². The minimum Gasteiger partial charge on any atom is -0.352 e. The highest BCUT2D eigenvalue weighted by atomic mass is 16.2. The lowest BCUT2D eigenvalue weighted by atomic mass is 9.95. The van der Waals surface area contributed by atoms with Gasteiger partial charge in [-0.15, -0.1) is 0 Å². The van der Waals surface area contributed by atoms with Crippen molar-refractivity contribution in [1.82, 2.24) is 26.1 Å². The number of nitrogens with one attached hydrogen (secondary N) is 3. The van der Waals surface area contributed by atoms with Crippen LogP contribution in [0, 0.1) is 12.8 Å². The van der Waals surface area contributed by atoms with Crippen molar-refractivity contribution < 1.29 is 9.59 Å². The number of aromatic nitrogens is 1. The average Bonchev–Trinajstić information content (AvgIpc) is 3.28. The zero-order chi connectivity index (χ0) is 20.9. The van der Waals surface area contributed by atoms with Crippen molar-refractivity contribution in [2.24, 2.45) is 5.92 Å². The van der Waals surface area contributed by atoms with Crippen LogP contribution in [0.3, 0.4) is 0 Å². The summed E-state index contributed by atoms with van der Waals surface area (Å²) in [4.78, 5) is 31.6. The Hall–Kier alpha value is -2.77. The zero-order valence-corrected chi connectivity index (χ0v) is 17.3. The van der Waals surface area contributed by atoms with Gasteiger partial charge in [0.05, 0.1) is 5.92 Å². The van der Waals surface area contributed by atoms with E-state index in [1.54, 1.807) is 12.4 Å². The molecular weight excluding hydrogens is 378 g/mol. The summed E-state index contributed by atoms with van der Waals surface area (Å²) in [7, 11) is 0. The molecule has 7 nitrogen and oxygen atoms in total. The first-order chi connectivity index (χ1) is 14.6. The Morgan fingerprint density at radius 1 is 1.20 bits per heavy atom. The largest absolute Gasteiger partial charge is 0.352 e. The minimum atomic E-state index is -0.280. The van der Waals surface area contributed by atoms with Gasteiger partial charge in [0.15, 0.2) is 0 Å². The summed E-state index contributed by atoms with van der Waals surface area (Å²) in [5, 5.41) is 3.04. The van der Waals surface area contributed by atoms with E-state index >= 15 is 0 Å². The maximum absolute atomic E-state index is 13.0. The molecule has 1 aromatic carbocycles. The number of carbonyl (C=O) groups excluding carboxylic acids is 2. The molecule has 2 saturated heterocycles. The number of aryl methyl sites for hydroxylation is 1. The average molecular weight is 408 g/mol. The fourth-order valence-electron chi connectivity index (χ4n) is 4.30. The molecule has 2 aliphatic heterocycles. The number of piperidine rings is 1. The Balaban J connectivity index is 1.30. The van der Waals surface area contributed by atoms with Gasteiger partial charge in [-0.2, -0.15) is 0 Å². The van der Waals surface area contributed by atoms with Crippen molar-refractivity contribution in [2.75, 3.05) is 13.1 Å². The summed E-state index contributed by atoms with van der Waals surface area (Å²) >= 11 is 0. The zero-order valence-electron chi connectivity index (χ0n) is 17.3. The van der Waals surface area contributed by atoms with Crippen LogP contribution in [0.4, 0.5) is 0 Å². The Kier molecular flexibility index (Phi) is 6.40. The Morgan fingerprint density at radius 3 is 2.83 bits per heavy atom. The molecule has 2 fully saturated rings. The summed E-state index contributed by atoms with van der Waals surface area (Å²) in [5.74, 6) is -0.0609. The van der Waals surface area contributed by atoms with Crippen LogP contribution in [-0.2, 0) is 16.1 Å². The molecule has 2 aromatic rings. The summed E-state index contributed by atoms with van der Waals surface area (Å²) in [6.45, 7) is 3.75. The third kappa shape index (κ3) is 4.86. The fourth-order valence-corrected chi connectivity index (χ4v) is 4.30. The van der Waals surface area contributed by atoms with Gasteiger partial charge < -0.3 is 10.2 Å². The molecule has 1 aromatic heterocycles. The van der Waals surface area contributed by atoms with Gasteiger partial charge in [0.2, 0.25) is 11.8 Å². The Bertz CT molecular complexity index is 888. The lowest BCUT2D eigenvalue weighted by molar-refractivity contribution is -0.137. The number of nitrogens with zero attached hydrogens (tertiary/aromatic N) is 2. The van der Waals surface area contributed by atoms with E-state index in [0.717, 1.165) is 24.0 Å². The molecule has 4 rings (SSSR count). The van der Waals surface area contributed by atoms with Gasteiger partial charge in [0.1, 0.15) is 6.04 Å². The van der Waals surface area contributed by atoms with Crippen LogP contribution in [-0.4, -0.2) is 40.8 Å². The number of pyridine rings is 1. The molecule has 3 heterocycles. The van der Waals surface area contributed by atoms with Crippen molar-refractivity contribution >= 4 is 11.8 Å². The number of hydrazine groups is 1. The SMILES string of the molecule is Cc1cccc(CNC(=O)C2CCCN(C(=O)C3CC(c4ccncc4)NN3)C2)c1. The lowest BCUT2D eigenvalue weighted by Gasteiger charge is -2.33. The normalized spacial score (nSPS) is 23.9. The van der Waals surface area contributed by atoms with Gasteiger partial charge in [-0.25, -0.2) is 10.9 Å². The number of hydrogen-bond donors (Lipinski definition) is 3. The van der Waals surface area contributed by atoms with E-state index in [-0.39, 0.29) is 29.8 Å². The quantitative estimate of drug-likeness (QED) is 0.704. The first kappa shape index (κ1) is 20.5. The van der Waals surface area contributed by atoms with Gasteiger partial charge in [-0.1, -0.05) is 29.8 Å². The number of likely N-dealkylation sites (tertiary alicyclic amines) is 1. The third-order valence-corrected chi connectivity index (χ3v) is 5.96. The molecule has 2 amide bonds. The summed E-state index contributed by atoms with van der Waals surface area (Å²) in [6, 6.07) is 11.9. The number of carbonyl (C=O) groups is 2. The standard InChI is InChI=1S/C23H29N5O2/c1-16-4-2-5-17(12-16)14-25-22(29)19-6-3-11-28(15-19)23(30)21-13-20(26-27-21)18-7-9-24-10-8-18/h2,4-5,7-10,12,19-21,26-27H,3,6,11,13-15H2,1H3,(H,25,29). The van der Waals surface area contributed by atoms with Crippen LogP contribution in [0.25, 0.3) is 0 Å². The molecule has 0 aliphatic carbocycles. The Labute approximate surface area is 177 Å². The molecule has 2 aliphatic rings. The molecule has 3 unspecified atom stereocenters. The topological polar surface area (TPSA) is 86.4 Å². The van der Waals surface area contributed by atoms with Gasteiger partial charge in [-0.3, -0.25) is 14.6 Å². The van der Waals surface area contributed by atoms with E-state index < -0.39 is 0 Å². The molecule has 0 bridgehead atoms. The predicted molar refractivity (Wildman–Crippen MR) is 114 cm³/mol. The second kappa shape index (κ2) is 9.36. The monoisotopic (exact) mass is 407 g/mol. The molecule has 7 heteroatoms. The molecule has 0 spiro atoms. The number of rotatable bonds is 5. The van der Waals surface area contributed by atoms with E-state index in [4.69, 9.17) is 0 Å². The number of amides is 2. The smallest absolute Gasteiger partial charge is 0.241 e. The van der Waals surface area contributed by atoms with Crippen molar-refractivity contribution in [3.63, 3.8) is 0 Å². The second-order valence-electron chi connectivity index (χ2n) is 8.24. The molecule has 158 valence electrons. The molecule has 30 heavy (non-hydrogen) atoms. The molecule has 3 atom stereocenters. The van der Waals surface area contributed by atoms with Crippen molar-refractivity contribution in [2.45, 2.75) is 44.8 Å². The van der Waals surface area contributed by atoms with E-state index in [0.29, 0.717) is 26.1 Å². The second-order valence-corrected chi connectivity index (χ2v) is 8.24. The van der Waals surface area contributed by atoms with E-state index in [1.165, 1.54) is 5.56 Å². The molecule has 0 saturated carbocycles. The highest BCUT2D eigenvalue weighted by Gasteiger charge is 2.36. The molecule has 3 N–H and O–H groups in total. The predicted octanol–water partition coefficient (Wildman–Crippen LogP) is 1.85. The lowest BCUT2D eigenvalue weighted by Crippen LogP contribution is -2.51. The minimum absolute atomic E-state index is 0.0289. The molecule has 0 radical (unpaired) electrons. The summed E-state index contributed by atoms with van der Waals surface area (Å²) < 4.78 is 0. The van der Waals surface area contributed by atoms with Crippen LogP contribution >= 0.6 is 0 Å². The van der Waals surface area contributed by atoms with Gasteiger partial charge >= 0.3 is 0 Å². The maximum Gasteiger partial charge on any atom is 0.241 e. The van der Waals surface area contributed by atoms with Crippen LogP contribution in [0.15, 0.2) is 48.8 Å². The van der Waals surface area contributed by atoms with Crippen molar-refractivity contribution in [3.05, 3.63) is 65.5 Å². The van der Waals surface area contributed by atoms with E-state index in [2.05, 4.69) is 27.2 Å². The number of benzene rings is 1.